The number of benzene rings is 4. The monoisotopic (exact) mass is 883 g/mol. The summed E-state index contributed by atoms with van der Waals surface area (Å²) >= 11 is -1.85. The number of hydrogen-bond donors (Lipinski definition) is 0. The minimum absolute atomic E-state index is 0. The van der Waals surface area contributed by atoms with Crippen molar-refractivity contribution in [2.75, 3.05) is 0 Å². The van der Waals surface area contributed by atoms with Crippen molar-refractivity contribution in [3.63, 3.8) is 0 Å². The van der Waals surface area contributed by atoms with E-state index < -0.39 is 13.3 Å². The second-order valence-corrected chi connectivity index (χ2v) is 24.8. The van der Waals surface area contributed by atoms with Gasteiger partial charge in [-0.25, -0.2) is 0 Å². The van der Waals surface area contributed by atoms with Gasteiger partial charge in [0.15, 0.2) is 0 Å². The molecule has 0 bridgehead atoms. The molecule has 0 atom stereocenters. The zero-order valence-electron chi connectivity index (χ0n) is 29.5. The predicted octanol–water partition coefficient (Wildman–Crippen LogP) is 11.5. The van der Waals surface area contributed by atoms with E-state index in [4.69, 9.17) is 4.42 Å². The van der Waals surface area contributed by atoms with E-state index in [2.05, 4.69) is 146 Å². The minimum atomic E-state index is -1.85. The van der Waals surface area contributed by atoms with Crippen molar-refractivity contribution in [2.24, 2.45) is 5.92 Å². The van der Waals surface area contributed by atoms with Gasteiger partial charge in [0.2, 0.25) is 0 Å². The molecule has 0 spiro atoms. The maximum Gasteiger partial charge on any atom is 0 e. The van der Waals surface area contributed by atoms with Gasteiger partial charge in [-0.2, -0.15) is 0 Å². The molecule has 0 aliphatic rings. The first kappa shape index (κ1) is 36.5. The van der Waals surface area contributed by atoms with Crippen LogP contribution >= 0.6 is 0 Å². The van der Waals surface area contributed by atoms with E-state index in [1.807, 2.05) is 36.5 Å². The fraction of sp³-hybridized carbons (Fsp3) is 0.227. The third kappa shape index (κ3) is 8.49. The number of nitrogens with zero attached hydrogens (tertiary/aromatic N) is 2. The number of rotatable bonds is 7. The maximum atomic E-state index is 6.28. The second kappa shape index (κ2) is 15.8. The van der Waals surface area contributed by atoms with Crippen molar-refractivity contribution in [2.45, 2.75) is 57.3 Å². The molecule has 3 heterocycles. The molecule has 1 radical (unpaired) electrons. The van der Waals surface area contributed by atoms with Gasteiger partial charge in [-0.3, -0.25) is 0 Å². The van der Waals surface area contributed by atoms with Gasteiger partial charge in [0.25, 0.3) is 0 Å². The maximum absolute atomic E-state index is 6.28. The number of aromatic nitrogens is 2. The van der Waals surface area contributed by atoms with Gasteiger partial charge in [0.05, 0.1) is 5.58 Å². The summed E-state index contributed by atoms with van der Waals surface area (Å²) in [5.74, 6) is 8.43. The second-order valence-electron chi connectivity index (χ2n) is 14.3. The third-order valence-electron chi connectivity index (χ3n) is 8.61. The first-order chi connectivity index (χ1) is 23.1. The van der Waals surface area contributed by atoms with Crippen LogP contribution in [0.2, 0.25) is 17.3 Å². The Kier molecular flexibility index (Phi) is 11.8. The van der Waals surface area contributed by atoms with E-state index in [1.165, 1.54) is 26.6 Å². The van der Waals surface area contributed by atoms with E-state index in [0.29, 0.717) is 11.8 Å². The number of fused-ring (bicyclic) bond motifs is 3. The molecule has 5 heteroatoms. The average Bonchev–Trinajstić information content (AvgIpc) is 3.47. The smallest absolute Gasteiger partial charge is 0 e. The fourth-order valence-corrected chi connectivity index (χ4v) is 9.75. The van der Waals surface area contributed by atoms with Crippen LogP contribution in [0.3, 0.4) is 0 Å². The van der Waals surface area contributed by atoms with E-state index in [1.54, 1.807) is 0 Å². The average molecular weight is 882 g/mol. The van der Waals surface area contributed by atoms with E-state index in [0.717, 1.165) is 50.9 Å². The van der Waals surface area contributed by atoms with Crippen LogP contribution in [0.25, 0.3) is 55.6 Å². The molecule has 0 fully saturated rings. The summed E-state index contributed by atoms with van der Waals surface area (Å²) in [6.45, 7) is 9.00. The summed E-state index contributed by atoms with van der Waals surface area (Å²) in [5, 5.41) is 2.22. The molecule has 0 unspecified atom stereocenters. The SMILES string of the molecule is CC(C)Cc1ccnc(-c2[c-]ccc3c2oc2ccc(-c4ccccc4)cc23)c1.CC(C)c1cc(-c2[c-]cccc2)nc[c]1[Ge]([CH3])([CH3])[CH3].[Ir]. The Morgan fingerprint density at radius 2 is 1.49 bits per heavy atom. The third-order valence-corrected chi connectivity index (χ3v) is 12.9. The Morgan fingerprint density at radius 3 is 2.18 bits per heavy atom. The van der Waals surface area contributed by atoms with Gasteiger partial charge in [-0.05, 0) is 47.4 Å². The molecule has 0 saturated carbocycles. The van der Waals surface area contributed by atoms with Crippen molar-refractivity contribution >= 4 is 39.6 Å². The van der Waals surface area contributed by atoms with Crippen LogP contribution in [0, 0.1) is 18.1 Å². The van der Waals surface area contributed by atoms with E-state index >= 15 is 0 Å². The van der Waals surface area contributed by atoms with Crippen LogP contribution in [0.1, 0.15) is 44.7 Å². The van der Waals surface area contributed by atoms with Crippen LogP contribution in [0.5, 0.6) is 0 Å². The number of hydrogen-bond acceptors (Lipinski definition) is 3. The standard InChI is InChI=1S/C27H22NO.C17H22GeN.Ir/c1-18(2)15-19-13-14-28-25(16-19)23-10-6-9-22-24-17-21(20-7-4-3-5-8-20)11-12-26(24)29-27(22)23;1-13(2)15-11-17(14-9-7-6-8-10-14)19-12-16(15)18(3,4)5;/h3-9,11-14,16-18H,15H2,1-2H3;6-9,11-13H,1-5H3;/q2*-1;. The molecule has 4 aromatic carbocycles. The molecular formula is C44H44GeIrN2O-2. The van der Waals surface area contributed by atoms with Gasteiger partial charge in [0, 0.05) is 31.7 Å². The van der Waals surface area contributed by atoms with Crippen LogP contribution in [0.4, 0.5) is 0 Å². The molecule has 49 heavy (non-hydrogen) atoms. The molecule has 0 aliphatic heterocycles. The fourth-order valence-electron chi connectivity index (χ4n) is 6.23. The van der Waals surface area contributed by atoms with Crippen LogP contribution < -0.4 is 4.40 Å². The normalized spacial score (nSPS) is 11.4. The Balaban J connectivity index is 0.000000205. The quantitative estimate of drug-likeness (QED) is 0.118. The van der Waals surface area contributed by atoms with Gasteiger partial charge in [-0.1, -0.05) is 72.8 Å². The molecule has 7 aromatic rings. The summed E-state index contributed by atoms with van der Waals surface area (Å²) in [7, 11) is 0. The van der Waals surface area contributed by atoms with Crippen LogP contribution in [-0.2, 0) is 26.5 Å². The topological polar surface area (TPSA) is 38.9 Å². The molecule has 0 aliphatic carbocycles. The molecule has 0 N–H and O–H groups in total. The first-order valence-corrected chi connectivity index (χ1v) is 24.3. The Labute approximate surface area is 307 Å². The zero-order valence-corrected chi connectivity index (χ0v) is 34.0. The van der Waals surface area contributed by atoms with Crippen molar-refractivity contribution in [3.8, 4) is 33.6 Å². The van der Waals surface area contributed by atoms with Crippen molar-refractivity contribution in [1.29, 1.82) is 0 Å². The van der Waals surface area contributed by atoms with Crippen molar-refractivity contribution in [1.82, 2.24) is 9.97 Å². The molecular weight excluding hydrogens is 837 g/mol. The summed E-state index contributed by atoms with van der Waals surface area (Å²) in [4.78, 5) is 9.29. The largest absolute Gasteiger partial charge is 0 e. The van der Waals surface area contributed by atoms with E-state index in [-0.39, 0.29) is 20.1 Å². The summed E-state index contributed by atoms with van der Waals surface area (Å²) in [6.07, 6.45) is 5.04. The van der Waals surface area contributed by atoms with Crippen LogP contribution in [0.15, 0.2) is 120 Å². The Morgan fingerprint density at radius 1 is 0.714 bits per heavy atom. The molecule has 251 valence electrons. The minimum Gasteiger partial charge on any atom is 0 e. The molecule has 3 aromatic heterocycles. The predicted molar refractivity (Wildman–Crippen MR) is 205 cm³/mol. The molecule has 3 nitrogen and oxygen atoms in total. The van der Waals surface area contributed by atoms with E-state index in [9.17, 15) is 0 Å². The zero-order chi connectivity index (χ0) is 33.8. The first-order valence-electron chi connectivity index (χ1n) is 16.9. The number of furan rings is 1. The number of pyridine rings is 2. The summed E-state index contributed by atoms with van der Waals surface area (Å²) < 4.78 is 7.80. The van der Waals surface area contributed by atoms with Crippen molar-refractivity contribution < 1.29 is 24.5 Å². The summed E-state index contributed by atoms with van der Waals surface area (Å²) in [6, 6.07) is 42.1. The van der Waals surface area contributed by atoms with Crippen LogP contribution in [-0.4, -0.2) is 23.2 Å². The Bertz CT molecular complexity index is 2150. The molecule has 0 saturated heterocycles. The van der Waals surface area contributed by atoms with Gasteiger partial charge >= 0.3 is 119 Å². The van der Waals surface area contributed by atoms with Crippen molar-refractivity contribution in [3.05, 3.63) is 139 Å². The van der Waals surface area contributed by atoms with Gasteiger partial charge in [0.1, 0.15) is 5.58 Å². The molecule has 0 amide bonds. The van der Waals surface area contributed by atoms with Gasteiger partial charge < -0.3 is 9.40 Å². The molecule has 7 rings (SSSR count). The Hall–Kier alpha value is -3.83. The summed E-state index contributed by atoms with van der Waals surface area (Å²) in [5.41, 5.74) is 10.8. The van der Waals surface area contributed by atoms with Gasteiger partial charge in [-0.15, -0.1) is 18.2 Å².